The predicted molar refractivity (Wildman–Crippen MR) is 59.2 cm³/mol. The maximum atomic E-state index is 5.61. The summed E-state index contributed by atoms with van der Waals surface area (Å²) in [6.45, 7) is 0.487. The largest absolute Gasteiger partial charge is 0.325 e. The number of rotatable bonds is 2. The third kappa shape index (κ3) is 1.58. The zero-order chi connectivity index (χ0) is 9.97. The first-order valence-electron chi connectivity index (χ1n) is 4.29. The van der Waals surface area contributed by atoms with Gasteiger partial charge in [0.2, 0.25) is 0 Å². The summed E-state index contributed by atoms with van der Waals surface area (Å²) in [6.07, 6.45) is 3.54. The number of hydrogen-bond acceptors (Lipinski definition) is 2. The molecule has 0 saturated heterocycles. The van der Waals surface area contributed by atoms with Gasteiger partial charge in [-0.25, -0.2) is 4.98 Å². The van der Waals surface area contributed by atoms with Gasteiger partial charge >= 0.3 is 0 Å². The first-order chi connectivity index (χ1) is 6.83. The van der Waals surface area contributed by atoms with E-state index in [2.05, 4.69) is 20.9 Å². The molecule has 2 rings (SSSR count). The monoisotopic (exact) mass is 251 g/mol. The molecule has 1 aromatic heterocycles. The van der Waals surface area contributed by atoms with Crippen LogP contribution >= 0.6 is 15.9 Å². The molecular weight excluding hydrogens is 242 g/mol. The summed E-state index contributed by atoms with van der Waals surface area (Å²) in [5.74, 6) is 0. The SMILES string of the molecule is NCc1cncn1-c1ccccc1Br. The lowest BCUT2D eigenvalue weighted by Gasteiger charge is -2.07. The molecule has 0 amide bonds. The fourth-order valence-corrected chi connectivity index (χ4v) is 1.81. The Bertz CT molecular complexity index is 436. The highest BCUT2D eigenvalue weighted by molar-refractivity contribution is 9.10. The minimum absolute atomic E-state index is 0.487. The summed E-state index contributed by atoms with van der Waals surface area (Å²) in [5, 5.41) is 0. The van der Waals surface area contributed by atoms with Crippen LogP contribution < -0.4 is 5.73 Å². The van der Waals surface area contributed by atoms with Crippen LogP contribution in [0, 0.1) is 0 Å². The summed E-state index contributed by atoms with van der Waals surface area (Å²) in [5.41, 5.74) is 7.66. The molecule has 4 heteroatoms. The van der Waals surface area contributed by atoms with Gasteiger partial charge in [0.25, 0.3) is 0 Å². The van der Waals surface area contributed by atoms with Gasteiger partial charge in [-0.15, -0.1) is 0 Å². The van der Waals surface area contributed by atoms with Crippen LogP contribution in [0.2, 0.25) is 0 Å². The Morgan fingerprint density at radius 2 is 2.14 bits per heavy atom. The molecule has 0 aliphatic carbocycles. The molecule has 0 fully saturated rings. The molecule has 2 aromatic rings. The van der Waals surface area contributed by atoms with Gasteiger partial charge in [-0.05, 0) is 28.1 Å². The Labute approximate surface area is 90.7 Å². The Balaban J connectivity index is 2.54. The zero-order valence-electron chi connectivity index (χ0n) is 7.52. The highest BCUT2D eigenvalue weighted by Gasteiger charge is 2.04. The molecule has 0 atom stereocenters. The van der Waals surface area contributed by atoms with Gasteiger partial charge in [-0.3, -0.25) is 0 Å². The molecule has 14 heavy (non-hydrogen) atoms. The smallest absolute Gasteiger partial charge is 0.0995 e. The van der Waals surface area contributed by atoms with Gasteiger partial charge in [0.05, 0.1) is 17.7 Å². The maximum absolute atomic E-state index is 5.61. The third-order valence-corrected chi connectivity index (χ3v) is 2.71. The second-order valence-corrected chi connectivity index (χ2v) is 3.76. The standard InChI is InChI=1S/C10H10BrN3/c11-9-3-1-2-4-10(9)14-7-13-6-8(14)5-12/h1-4,6-7H,5,12H2. The van der Waals surface area contributed by atoms with Crippen LogP contribution in [-0.2, 0) is 6.54 Å². The van der Waals surface area contributed by atoms with Crippen LogP contribution in [0.15, 0.2) is 41.3 Å². The highest BCUT2D eigenvalue weighted by atomic mass is 79.9. The van der Waals surface area contributed by atoms with Crippen molar-refractivity contribution in [3.8, 4) is 5.69 Å². The number of aromatic nitrogens is 2. The van der Waals surface area contributed by atoms with Crippen LogP contribution in [0.3, 0.4) is 0 Å². The van der Waals surface area contributed by atoms with Gasteiger partial charge in [-0.1, -0.05) is 12.1 Å². The van der Waals surface area contributed by atoms with Crippen molar-refractivity contribution in [1.29, 1.82) is 0 Å². The van der Waals surface area contributed by atoms with E-state index >= 15 is 0 Å². The van der Waals surface area contributed by atoms with Gasteiger partial charge in [0, 0.05) is 17.2 Å². The van der Waals surface area contributed by atoms with Gasteiger partial charge in [0.15, 0.2) is 0 Å². The average molecular weight is 252 g/mol. The Kier molecular flexibility index (Phi) is 2.65. The minimum Gasteiger partial charge on any atom is -0.325 e. The molecule has 0 radical (unpaired) electrons. The molecule has 0 bridgehead atoms. The Morgan fingerprint density at radius 3 is 2.86 bits per heavy atom. The van der Waals surface area contributed by atoms with Crippen molar-refractivity contribution in [1.82, 2.24) is 9.55 Å². The summed E-state index contributed by atoms with van der Waals surface area (Å²) in [7, 11) is 0. The van der Waals surface area contributed by atoms with E-state index in [0.29, 0.717) is 6.54 Å². The summed E-state index contributed by atoms with van der Waals surface area (Å²) >= 11 is 3.49. The molecule has 0 aliphatic rings. The number of halogens is 1. The van der Waals surface area contributed by atoms with Gasteiger partial charge in [0.1, 0.15) is 0 Å². The number of para-hydroxylation sites is 1. The first kappa shape index (κ1) is 9.43. The summed E-state index contributed by atoms with van der Waals surface area (Å²) < 4.78 is 3.01. The summed E-state index contributed by atoms with van der Waals surface area (Å²) in [4.78, 5) is 4.07. The van der Waals surface area contributed by atoms with E-state index < -0.39 is 0 Å². The van der Waals surface area contributed by atoms with Gasteiger partial charge < -0.3 is 10.3 Å². The molecular formula is C10H10BrN3. The lowest BCUT2D eigenvalue weighted by atomic mass is 10.3. The highest BCUT2D eigenvalue weighted by Crippen LogP contribution is 2.21. The molecule has 3 nitrogen and oxygen atoms in total. The van der Waals surface area contributed by atoms with E-state index in [1.807, 2.05) is 28.8 Å². The van der Waals surface area contributed by atoms with Gasteiger partial charge in [-0.2, -0.15) is 0 Å². The maximum Gasteiger partial charge on any atom is 0.0995 e. The third-order valence-electron chi connectivity index (χ3n) is 2.04. The zero-order valence-corrected chi connectivity index (χ0v) is 9.11. The minimum atomic E-state index is 0.487. The molecule has 0 aliphatic heterocycles. The van der Waals surface area contributed by atoms with Crippen molar-refractivity contribution < 1.29 is 0 Å². The molecule has 1 aromatic carbocycles. The molecule has 72 valence electrons. The first-order valence-corrected chi connectivity index (χ1v) is 5.08. The molecule has 0 unspecified atom stereocenters. The van der Waals surface area contributed by atoms with Crippen LogP contribution in [0.25, 0.3) is 5.69 Å². The number of nitrogens with two attached hydrogens (primary N) is 1. The van der Waals surface area contributed by atoms with Crippen LogP contribution in [0.5, 0.6) is 0 Å². The van der Waals surface area contributed by atoms with E-state index in [-0.39, 0.29) is 0 Å². The van der Waals surface area contributed by atoms with E-state index in [9.17, 15) is 0 Å². The number of nitrogens with zero attached hydrogens (tertiary/aromatic N) is 2. The molecule has 0 saturated carbocycles. The molecule has 1 heterocycles. The molecule has 0 spiro atoms. The van der Waals surface area contributed by atoms with E-state index in [4.69, 9.17) is 5.73 Å². The average Bonchev–Trinajstić information content (AvgIpc) is 2.66. The van der Waals surface area contributed by atoms with Crippen molar-refractivity contribution in [2.45, 2.75) is 6.54 Å². The Hall–Kier alpha value is -1.13. The van der Waals surface area contributed by atoms with E-state index in [1.165, 1.54) is 0 Å². The second kappa shape index (κ2) is 3.94. The number of benzene rings is 1. The van der Waals surface area contributed by atoms with Crippen molar-refractivity contribution in [3.05, 3.63) is 47.0 Å². The predicted octanol–water partition coefficient (Wildman–Crippen LogP) is 2.09. The fraction of sp³-hybridized carbons (Fsp3) is 0.100. The van der Waals surface area contributed by atoms with Crippen LogP contribution in [-0.4, -0.2) is 9.55 Å². The lowest BCUT2D eigenvalue weighted by molar-refractivity contribution is 0.907. The van der Waals surface area contributed by atoms with E-state index in [0.717, 1.165) is 15.9 Å². The second-order valence-electron chi connectivity index (χ2n) is 2.91. The topological polar surface area (TPSA) is 43.8 Å². The van der Waals surface area contributed by atoms with Crippen LogP contribution in [0.1, 0.15) is 5.69 Å². The van der Waals surface area contributed by atoms with Crippen molar-refractivity contribution in [3.63, 3.8) is 0 Å². The fourth-order valence-electron chi connectivity index (χ4n) is 1.34. The van der Waals surface area contributed by atoms with Crippen molar-refractivity contribution in [2.75, 3.05) is 0 Å². The Morgan fingerprint density at radius 1 is 1.36 bits per heavy atom. The van der Waals surface area contributed by atoms with Crippen LogP contribution in [0.4, 0.5) is 0 Å². The van der Waals surface area contributed by atoms with E-state index in [1.54, 1.807) is 12.5 Å². The summed E-state index contributed by atoms with van der Waals surface area (Å²) in [6, 6.07) is 7.98. The normalized spacial score (nSPS) is 10.4. The van der Waals surface area contributed by atoms with Crippen molar-refractivity contribution in [2.24, 2.45) is 5.73 Å². The quantitative estimate of drug-likeness (QED) is 0.889. The molecule has 2 N–H and O–H groups in total. The van der Waals surface area contributed by atoms with Crippen molar-refractivity contribution >= 4 is 15.9 Å². The number of hydrogen-bond donors (Lipinski definition) is 1. The number of imidazole rings is 1. The lowest BCUT2D eigenvalue weighted by Crippen LogP contribution is -2.04.